The van der Waals surface area contributed by atoms with Crippen molar-refractivity contribution < 1.29 is 14.7 Å². The van der Waals surface area contributed by atoms with E-state index >= 15 is 0 Å². The second kappa shape index (κ2) is 7.53. The fraction of sp³-hybridized carbons (Fsp3) is 0.467. The Balaban J connectivity index is 2.51. The molecule has 0 spiro atoms. The smallest absolute Gasteiger partial charge is 0.319 e. The number of benzene rings is 1. The molecule has 2 unspecified atom stereocenters. The number of carboxylic acid groups (broad SMARTS) is 1. The molecular formula is C15H22N2O3. The second-order valence-corrected chi connectivity index (χ2v) is 4.96. The number of aliphatic carboxylic acids is 1. The van der Waals surface area contributed by atoms with Crippen molar-refractivity contribution in [2.24, 2.45) is 5.92 Å². The fourth-order valence-electron chi connectivity index (χ4n) is 1.76. The molecule has 0 radical (unpaired) electrons. The molecule has 0 aliphatic heterocycles. The zero-order chi connectivity index (χ0) is 15.1. The lowest BCUT2D eigenvalue weighted by molar-refractivity contribution is -0.141. The lowest BCUT2D eigenvalue weighted by Crippen LogP contribution is -2.42. The Morgan fingerprint density at radius 2 is 1.80 bits per heavy atom. The highest BCUT2D eigenvalue weighted by Crippen LogP contribution is 2.11. The highest BCUT2D eigenvalue weighted by Gasteiger charge is 2.20. The van der Waals surface area contributed by atoms with Gasteiger partial charge < -0.3 is 15.7 Å². The van der Waals surface area contributed by atoms with Crippen LogP contribution in [0.5, 0.6) is 0 Å². The van der Waals surface area contributed by atoms with Crippen LogP contribution in [-0.4, -0.2) is 23.1 Å². The number of carbonyl (C=O) groups excluding carboxylic acids is 1. The van der Waals surface area contributed by atoms with Crippen molar-refractivity contribution in [2.45, 2.75) is 39.7 Å². The highest BCUT2D eigenvalue weighted by atomic mass is 16.4. The molecule has 3 N–H and O–H groups in total. The third kappa shape index (κ3) is 4.91. The summed E-state index contributed by atoms with van der Waals surface area (Å²) in [4.78, 5) is 22.6. The molecule has 110 valence electrons. The summed E-state index contributed by atoms with van der Waals surface area (Å²) in [5.41, 5.74) is 1.92. The monoisotopic (exact) mass is 278 g/mol. The lowest BCUT2D eigenvalue weighted by Gasteiger charge is -2.18. The summed E-state index contributed by atoms with van der Waals surface area (Å²) in [6.45, 7) is 5.35. The van der Waals surface area contributed by atoms with E-state index in [1.807, 2.05) is 24.3 Å². The number of hydrogen-bond donors (Lipinski definition) is 3. The number of hydrogen-bond acceptors (Lipinski definition) is 2. The predicted octanol–water partition coefficient (Wildman–Crippen LogP) is 2.87. The number of anilines is 1. The maximum atomic E-state index is 11.7. The van der Waals surface area contributed by atoms with Crippen LogP contribution in [-0.2, 0) is 11.2 Å². The number of amides is 2. The molecule has 0 aliphatic carbocycles. The Morgan fingerprint density at radius 3 is 2.30 bits per heavy atom. The van der Waals surface area contributed by atoms with Crippen LogP contribution in [0.4, 0.5) is 10.5 Å². The minimum atomic E-state index is -0.929. The number of urea groups is 1. The van der Waals surface area contributed by atoms with Gasteiger partial charge >= 0.3 is 12.0 Å². The molecule has 1 aromatic rings. The van der Waals surface area contributed by atoms with Gasteiger partial charge in [0.25, 0.3) is 0 Å². The minimum Gasteiger partial charge on any atom is -0.481 e. The standard InChI is InChI=1S/C15H22N2O3/c1-4-5-12-6-8-13(9-7-12)17-15(20)16-11(3)10(2)14(18)19/h6-11H,4-5H2,1-3H3,(H,18,19)(H2,16,17,20). The van der Waals surface area contributed by atoms with Crippen molar-refractivity contribution in [3.8, 4) is 0 Å². The van der Waals surface area contributed by atoms with Crippen LogP contribution in [0.3, 0.4) is 0 Å². The first-order valence-corrected chi connectivity index (χ1v) is 6.83. The van der Waals surface area contributed by atoms with Crippen LogP contribution >= 0.6 is 0 Å². The van der Waals surface area contributed by atoms with Crippen LogP contribution in [0.25, 0.3) is 0 Å². The van der Waals surface area contributed by atoms with Crippen molar-refractivity contribution in [2.75, 3.05) is 5.32 Å². The molecule has 20 heavy (non-hydrogen) atoms. The summed E-state index contributed by atoms with van der Waals surface area (Å²) in [5.74, 6) is -1.56. The summed E-state index contributed by atoms with van der Waals surface area (Å²) >= 11 is 0. The van der Waals surface area contributed by atoms with Crippen molar-refractivity contribution in [3.05, 3.63) is 29.8 Å². The maximum absolute atomic E-state index is 11.7. The van der Waals surface area contributed by atoms with Gasteiger partial charge in [0.05, 0.1) is 5.92 Å². The Labute approximate surface area is 119 Å². The molecule has 0 fully saturated rings. The van der Waals surface area contributed by atoms with E-state index in [0.717, 1.165) is 12.8 Å². The Bertz CT molecular complexity index is 457. The van der Waals surface area contributed by atoms with Gasteiger partial charge in [0.1, 0.15) is 0 Å². The Morgan fingerprint density at radius 1 is 1.20 bits per heavy atom. The molecular weight excluding hydrogens is 256 g/mol. The van der Waals surface area contributed by atoms with E-state index in [-0.39, 0.29) is 0 Å². The molecule has 2 amide bonds. The predicted molar refractivity (Wildman–Crippen MR) is 78.9 cm³/mol. The summed E-state index contributed by atoms with van der Waals surface area (Å²) in [7, 11) is 0. The maximum Gasteiger partial charge on any atom is 0.319 e. The van der Waals surface area contributed by atoms with Crippen LogP contribution in [0.15, 0.2) is 24.3 Å². The average molecular weight is 278 g/mol. The van der Waals surface area contributed by atoms with Gasteiger partial charge in [-0.2, -0.15) is 0 Å². The molecule has 0 bridgehead atoms. The first kappa shape index (κ1) is 16.0. The number of rotatable bonds is 6. The van der Waals surface area contributed by atoms with Crippen LogP contribution in [0.2, 0.25) is 0 Å². The van der Waals surface area contributed by atoms with Crippen LogP contribution < -0.4 is 10.6 Å². The zero-order valence-corrected chi connectivity index (χ0v) is 12.1. The fourth-order valence-corrected chi connectivity index (χ4v) is 1.76. The van der Waals surface area contributed by atoms with E-state index in [1.165, 1.54) is 5.56 Å². The number of aryl methyl sites for hydroxylation is 1. The van der Waals surface area contributed by atoms with E-state index in [0.29, 0.717) is 5.69 Å². The number of nitrogens with one attached hydrogen (secondary N) is 2. The van der Waals surface area contributed by atoms with Crippen LogP contribution in [0.1, 0.15) is 32.8 Å². The van der Waals surface area contributed by atoms with E-state index in [1.54, 1.807) is 13.8 Å². The second-order valence-electron chi connectivity index (χ2n) is 4.96. The van der Waals surface area contributed by atoms with E-state index in [4.69, 9.17) is 5.11 Å². The molecule has 1 aromatic carbocycles. The van der Waals surface area contributed by atoms with Gasteiger partial charge in [0.2, 0.25) is 0 Å². The van der Waals surface area contributed by atoms with Crippen molar-refractivity contribution in [1.82, 2.24) is 5.32 Å². The third-order valence-corrected chi connectivity index (χ3v) is 3.25. The molecule has 0 saturated carbocycles. The Hall–Kier alpha value is -2.04. The van der Waals surface area contributed by atoms with E-state index in [9.17, 15) is 9.59 Å². The Kier molecular flexibility index (Phi) is 6.03. The van der Waals surface area contributed by atoms with Gasteiger partial charge in [-0.1, -0.05) is 25.5 Å². The molecule has 0 saturated heterocycles. The number of carbonyl (C=O) groups is 2. The first-order chi connectivity index (χ1) is 9.43. The molecule has 0 aliphatic rings. The van der Waals surface area contributed by atoms with E-state index < -0.39 is 24.0 Å². The SMILES string of the molecule is CCCc1ccc(NC(=O)NC(C)C(C)C(=O)O)cc1. The number of carboxylic acids is 1. The van der Waals surface area contributed by atoms with Gasteiger partial charge in [-0.3, -0.25) is 4.79 Å². The summed E-state index contributed by atoms with van der Waals surface area (Å²) < 4.78 is 0. The molecule has 0 heterocycles. The molecule has 2 atom stereocenters. The largest absolute Gasteiger partial charge is 0.481 e. The minimum absolute atomic E-state index is 0.395. The van der Waals surface area contributed by atoms with Crippen molar-refractivity contribution in [3.63, 3.8) is 0 Å². The van der Waals surface area contributed by atoms with Gasteiger partial charge in [-0.25, -0.2) is 4.79 Å². The molecule has 0 aromatic heterocycles. The topological polar surface area (TPSA) is 78.4 Å². The molecule has 5 nitrogen and oxygen atoms in total. The van der Waals surface area contributed by atoms with Gasteiger partial charge in [0, 0.05) is 11.7 Å². The quantitative estimate of drug-likeness (QED) is 0.748. The average Bonchev–Trinajstić information content (AvgIpc) is 2.40. The first-order valence-electron chi connectivity index (χ1n) is 6.83. The normalized spacial score (nSPS) is 13.3. The lowest BCUT2D eigenvalue weighted by atomic mass is 10.0. The van der Waals surface area contributed by atoms with Crippen LogP contribution in [0, 0.1) is 5.92 Å². The third-order valence-electron chi connectivity index (χ3n) is 3.25. The molecule has 1 rings (SSSR count). The summed E-state index contributed by atoms with van der Waals surface area (Å²) in [6.07, 6.45) is 2.09. The summed E-state index contributed by atoms with van der Waals surface area (Å²) in [5, 5.41) is 14.2. The van der Waals surface area contributed by atoms with Gasteiger partial charge in [-0.15, -0.1) is 0 Å². The molecule has 5 heteroatoms. The van der Waals surface area contributed by atoms with E-state index in [2.05, 4.69) is 17.6 Å². The van der Waals surface area contributed by atoms with Crippen molar-refractivity contribution >= 4 is 17.7 Å². The zero-order valence-electron chi connectivity index (χ0n) is 12.1. The highest BCUT2D eigenvalue weighted by molar-refractivity contribution is 5.89. The summed E-state index contributed by atoms with van der Waals surface area (Å²) in [6, 6.07) is 6.80. The van der Waals surface area contributed by atoms with Gasteiger partial charge in [-0.05, 0) is 38.0 Å². The van der Waals surface area contributed by atoms with Gasteiger partial charge in [0.15, 0.2) is 0 Å². The van der Waals surface area contributed by atoms with Crippen molar-refractivity contribution in [1.29, 1.82) is 0 Å².